The van der Waals surface area contributed by atoms with E-state index < -0.39 is 48.0 Å². The van der Waals surface area contributed by atoms with Crippen LogP contribution in [0.25, 0.3) is 0 Å². The average molecular weight is 894 g/mol. The van der Waals surface area contributed by atoms with E-state index in [1.54, 1.807) is 0 Å². The molecule has 0 atom stereocenters. The summed E-state index contributed by atoms with van der Waals surface area (Å²) in [5, 5.41) is 0. The second-order valence-electron chi connectivity index (χ2n) is 16.0. The van der Waals surface area contributed by atoms with Gasteiger partial charge in [-0.05, 0) is 62.8 Å². The lowest BCUT2D eigenvalue weighted by Gasteiger charge is -2.20. The van der Waals surface area contributed by atoms with Gasteiger partial charge >= 0.3 is 35.8 Å². The van der Waals surface area contributed by atoms with E-state index in [4.69, 9.17) is 28.4 Å². The lowest BCUT2D eigenvalue weighted by atomic mass is 10.1. The molecule has 0 saturated heterocycles. The molecule has 0 aromatic heterocycles. The fourth-order valence-electron chi connectivity index (χ4n) is 6.23. The first-order valence-electron chi connectivity index (χ1n) is 21.7. The van der Waals surface area contributed by atoms with Crippen LogP contribution >= 0.6 is 0 Å². The zero-order valence-electron chi connectivity index (χ0n) is 37.6. The Morgan fingerprint density at radius 1 is 0.415 bits per heavy atom. The number of aryl methyl sites for hydroxylation is 4. The van der Waals surface area contributed by atoms with Gasteiger partial charge in [-0.2, -0.15) is 0 Å². The van der Waals surface area contributed by atoms with Gasteiger partial charge in [0.2, 0.25) is 6.41 Å². The fourth-order valence-corrected chi connectivity index (χ4v) is 6.23. The Kier molecular flexibility index (Phi) is 21.4. The molecule has 0 aliphatic rings. The van der Waals surface area contributed by atoms with E-state index in [2.05, 4.69) is 0 Å². The van der Waals surface area contributed by atoms with Crippen LogP contribution in [0.4, 0.5) is 0 Å². The molecule has 0 fully saturated rings. The minimum Gasteiger partial charge on any atom is -0.461 e. The van der Waals surface area contributed by atoms with Gasteiger partial charge in [-0.15, -0.1) is 0 Å². The molecule has 0 spiro atoms. The maximum absolute atomic E-state index is 12.9. The number of esters is 6. The SMILES string of the molecule is Cc1ccc(CC(=O)OCC(COC(=O)Cc2ccc(C)cc2)OC(=O)CCCN(C=O)CCCC(=O)OC(COC(=O)Cc2ccc(C)cc2)COC(=O)Cc2ccc(C)cc2)cc1. The minimum atomic E-state index is -1.07. The molecular formula is C51H59NO13. The Morgan fingerprint density at radius 2 is 0.662 bits per heavy atom. The van der Waals surface area contributed by atoms with Crippen LogP contribution in [0, 0.1) is 27.7 Å². The number of ether oxygens (including phenoxy) is 6. The summed E-state index contributed by atoms with van der Waals surface area (Å²) in [5.74, 6) is -3.49. The molecular weight excluding hydrogens is 835 g/mol. The van der Waals surface area contributed by atoms with Gasteiger partial charge in [0.1, 0.15) is 26.4 Å². The van der Waals surface area contributed by atoms with Crippen LogP contribution in [0.15, 0.2) is 97.1 Å². The van der Waals surface area contributed by atoms with Crippen molar-refractivity contribution in [3.63, 3.8) is 0 Å². The van der Waals surface area contributed by atoms with E-state index in [0.717, 1.165) is 44.5 Å². The van der Waals surface area contributed by atoms with Gasteiger partial charge in [-0.3, -0.25) is 33.6 Å². The summed E-state index contributed by atoms with van der Waals surface area (Å²) in [4.78, 5) is 89.6. The highest BCUT2D eigenvalue weighted by Crippen LogP contribution is 2.12. The zero-order chi connectivity index (χ0) is 47.0. The van der Waals surface area contributed by atoms with Crippen LogP contribution in [0.2, 0.25) is 0 Å². The van der Waals surface area contributed by atoms with E-state index >= 15 is 0 Å². The Labute approximate surface area is 380 Å². The summed E-state index contributed by atoms with van der Waals surface area (Å²) < 4.78 is 32.7. The van der Waals surface area contributed by atoms with Gasteiger partial charge in [0.05, 0.1) is 25.7 Å². The van der Waals surface area contributed by atoms with E-state index in [1.165, 1.54) is 4.90 Å². The maximum atomic E-state index is 12.9. The number of hydrogen-bond acceptors (Lipinski definition) is 13. The van der Waals surface area contributed by atoms with Crippen LogP contribution in [0.5, 0.6) is 0 Å². The second-order valence-corrected chi connectivity index (χ2v) is 16.0. The van der Waals surface area contributed by atoms with Gasteiger partial charge in [0.25, 0.3) is 0 Å². The number of benzene rings is 4. The molecule has 4 rings (SSSR count). The van der Waals surface area contributed by atoms with E-state index in [-0.39, 0.29) is 90.9 Å². The van der Waals surface area contributed by atoms with Gasteiger partial charge < -0.3 is 33.3 Å². The van der Waals surface area contributed by atoms with Gasteiger partial charge in [-0.25, -0.2) is 0 Å². The predicted octanol–water partition coefficient (Wildman–Crippen LogP) is 6.21. The van der Waals surface area contributed by atoms with Crippen molar-refractivity contribution in [1.82, 2.24) is 4.90 Å². The van der Waals surface area contributed by atoms with Crippen molar-refractivity contribution in [1.29, 1.82) is 0 Å². The van der Waals surface area contributed by atoms with Crippen molar-refractivity contribution in [2.75, 3.05) is 39.5 Å². The summed E-state index contributed by atoms with van der Waals surface area (Å²) in [6.45, 7) is 6.71. The van der Waals surface area contributed by atoms with Crippen molar-refractivity contribution in [3.8, 4) is 0 Å². The summed E-state index contributed by atoms with van der Waals surface area (Å²) in [6.07, 6.45) is -1.33. The molecule has 0 heterocycles. The topological polar surface area (TPSA) is 178 Å². The summed E-state index contributed by atoms with van der Waals surface area (Å²) in [6, 6.07) is 29.6. The number of nitrogens with zero attached hydrogens (tertiary/aromatic N) is 1. The summed E-state index contributed by atoms with van der Waals surface area (Å²) in [7, 11) is 0. The number of hydrogen-bond donors (Lipinski definition) is 0. The highest BCUT2D eigenvalue weighted by Gasteiger charge is 2.22. The standard InChI is InChI=1S/C51H59NO13/c1-36-9-17-40(18-10-36)27-48(56)60-31-44(32-61-49(57)28-41-19-11-37(2)12-20-41)64-46(54)7-5-25-52(35-53)26-6-8-47(55)65-45(33-62-50(58)29-42-21-13-38(3)14-22-42)34-63-51(59)30-43-23-15-39(4)16-24-43/h9-24,35,44-45H,5-8,25-34H2,1-4H3. The van der Waals surface area contributed by atoms with Crippen LogP contribution in [-0.2, 0) is 87.7 Å². The molecule has 0 N–H and O–H groups in total. The quantitative estimate of drug-likeness (QED) is 0.0376. The lowest BCUT2D eigenvalue weighted by molar-refractivity contribution is -0.166. The zero-order valence-corrected chi connectivity index (χ0v) is 37.6. The first-order valence-corrected chi connectivity index (χ1v) is 21.7. The van der Waals surface area contributed by atoms with Crippen LogP contribution in [0.1, 0.15) is 70.2 Å². The molecule has 4 aromatic rings. The summed E-state index contributed by atoms with van der Waals surface area (Å²) >= 11 is 0. The molecule has 4 aromatic carbocycles. The Bertz CT molecular complexity index is 1870. The maximum Gasteiger partial charge on any atom is 0.310 e. The first kappa shape index (κ1) is 50.8. The molecule has 0 unspecified atom stereocenters. The highest BCUT2D eigenvalue weighted by molar-refractivity contribution is 5.75. The normalized spacial score (nSPS) is 10.8. The molecule has 14 nitrogen and oxygen atoms in total. The van der Waals surface area contributed by atoms with E-state index in [9.17, 15) is 33.6 Å². The molecule has 1 amide bonds. The van der Waals surface area contributed by atoms with Crippen molar-refractivity contribution in [3.05, 3.63) is 142 Å². The Morgan fingerprint density at radius 3 is 0.892 bits per heavy atom. The largest absolute Gasteiger partial charge is 0.461 e. The fraction of sp³-hybridized carbons (Fsp3) is 0.392. The number of amides is 1. The molecule has 65 heavy (non-hydrogen) atoms. The third-order valence-corrected chi connectivity index (χ3v) is 9.99. The molecule has 346 valence electrons. The monoisotopic (exact) mass is 893 g/mol. The van der Waals surface area contributed by atoms with Gasteiger partial charge in [0, 0.05) is 25.9 Å². The molecule has 0 radical (unpaired) electrons. The first-order chi connectivity index (χ1) is 31.2. The average Bonchev–Trinajstić information content (AvgIpc) is 3.28. The van der Waals surface area contributed by atoms with Crippen LogP contribution in [-0.4, -0.2) is 98.9 Å². The predicted molar refractivity (Wildman–Crippen MR) is 239 cm³/mol. The molecule has 0 saturated carbocycles. The van der Waals surface area contributed by atoms with E-state index in [1.807, 2.05) is 125 Å². The van der Waals surface area contributed by atoms with Gasteiger partial charge in [0.15, 0.2) is 12.2 Å². The Balaban J connectivity index is 1.22. The third-order valence-electron chi connectivity index (χ3n) is 9.99. The highest BCUT2D eigenvalue weighted by atomic mass is 16.6. The molecule has 14 heteroatoms. The van der Waals surface area contributed by atoms with Crippen molar-refractivity contribution in [2.45, 2.75) is 91.3 Å². The van der Waals surface area contributed by atoms with E-state index in [0.29, 0.717) is 6.41 Å². The van der Waals surface area contributed by atoms with Crippen molar-refractivity contribution >= 4 is 42.2 Å². The van der Waals surface area contributed by atoms with Crippen LogP contribution in [0.3, 0.4) is 0 Å². The second kappa shape index (κ2) is 27.4. The molecule has 0 aliphatic heterocycles. The van der Waals surface area contributed by atoms with Gasteiger partial charge in [-0.1, -0.05) is 119 Å². The molecule has 0 bridgehead atoms. The smallest absolute Gasteiger partial charge is 0.310 e. The van der Waals surface area contributed by atoms with Crippen molar-refractivity contribution < 1.29 is 62.0 Å². The van der Waals surface area contributed by atoms with Crippen LogP contribution < -0.4 is 0 Å². The third kappa shape index (κ3) is 20.9. The number of carbonyl (C=O) groups excluding carboxylic acids is 7. The minimum absolute atomic E-state index is 0.00278. The van der Waals surface area contributed by atoms with Crippen molar-refractivity contribution in [2.24, 2.45) is 0 Å². The Hall–Kier alpha value is -6.83. The number of rotatable bonds is 27. The molecule has 0 aliphatic carbocycles. The summed E-state index contributed by atoms with van der Waals surface area (Å²) in [5.41, 5.74) is 7.17. The lowest BCUT2D eigenvalue weighted by Crippen LogP contribution is -2.32. The number of carbonyl (C=O) groups is 7.